The predicted molar refractivity (Wildman–Crippen MR) is 75.7 cm³/mol. The molecule has 3 heterocycles. The van der Waals surface area contributed by atoms with E-state index in [2.05, 4.69) is 25.4 Å². The van der Waals surface area contributed by atoms with Gasteiger partial charge in [-0.25, -0.2) is 9.97 Å². The molecule has 10 heteroatoms. The van der Waals surface area contributed by atoms with Gasteiger partial charge in [-0.15, -0.1) is 0 Å². The van der Waals surface area contributed by atoms with Gasteiger partial charge in [-0.05, 0) is 5.92 Å². The molecule has 0 aromatic carbocycles. The van der Waals surface area contributed by atoms with Gasteiger partial charge in [-0.2, -0.15) is 27.8 Å². The second-order valence-corrected chi connectivity index (χ2v) is 5.24. The molecule has 0 aliphatic carbocycles. The molecule has 0 fully saturated rings. The summed E-state index contributed by atoms with van der Waals surface area (Å²) < 4.78 is 41.8. The lowest BCUT2D eigenvalue weighted by atomic mass is 10.2. The van der Waals surface area contributed by atoms with Crippen molar-refractivity contribution in [2.45, 2.75) is 19.6 Å². The van der Waals surface area contributed by atoms with Crippen LogP contribution < -0.4 is 5.32 Å². The minimum Gasteiger partial charge on any atom is -0.370 e. The van der Waals surface area contributed by atoms with Crippen LogP contribution in [0.15, 0.2) is 31.1 Å². The highest BCUT2D eigenvalue weighted by molar-refractivity contribution is 5.45. The van der Waals surface area contributed by atoms with Crippen molar-refractivity contribution in [1.29, 1.82) is 0 Å². The summed E-state index contributed by atoms with van der Waals surface area (Å²) in [6.45, 7) is 3.15. The summed E-state index contributed by atoms with van der Waals surface area (Å²) in [6, 6.07) is 0.936. The minimum absolute atomic E-state index is 0.0930. The van der Waals surface area contributed by atoms with Crippen LogP contribution in [0.4, 0.5) is 19.0 Å². The van der Waals surface area contributed by atoms with Crippen molar-refractivity contribution in [3.05, 3.63) is 36.8 Å². The molecule has 1 atom stereocenters. The SMILES string of the molecule is C[C@H](CNc1cc(C(F)(F)F)nc2ncnn12)Cn1ccnc1. The number of halogens is 3. The fraction of sp³-hybridized carbons (Fsp3) is 0.385. The van der Waals surface area contributed by atoms with E-state index in [1.165, 1.54) is 10.8 Å². The van der Waals surface area contributed by atoms with E-state index < -0.39 is 11.9 Å². The van der Waals surface area contributed by atoms with E-state index in [-0.39, 0.29) is 17.5 Å². The molecular weight excluding hydrogens is 311 g/mol. The van der Waals surface area contributed by atoms with Crippen LogP contribution in [0.3, 0.4) is 0 Å². The minimum atomic E-state index is -4.54. The maximum Gasteiger partial charge on any atom is 0.433 e. The fourth-order valence-electron chi connectivity index (χ4n) is 2.18. The molecule has 0 unspecified atom stereocenters. The van der Waals surface area contributed by atoms with Crippen molar-refractivity contribution in [3.8, 4) is 0 Å². The van der Waals surface area contributed by atoms with Gasteiger partial charge >= 0.3 is 6.18 Å². The maximum atomic E-state index is 12.9. The molecule has 7 nitrogen and oxygen atoms in total. The van der Waals surface area contributed by atoms with Crippen LogP contribution in [0, 0.1) is 5.92 Å². The fourth-order valence-corrected chi connectivity index (χ4v) is 2.18. The van der Waals surface area contributed by atoms with Gasteiger partial charge in [0.15, 0.2) is 5.69 Å². The van der Waals surface area contributed by atoms with Gasteiger partial charge in [0.05, 0.1) is 6.33 Å². The number of rotatable bonds is 5. The highest BCUT2D eigenvalue weighted by Gasteiger charge is 2.34. The van der Waals surface area contributed by atoms with Crippen LogP contribution in [0.5, 0.6) is 0 Å². The molecule has 0 aliphatic rings. The summed E-state index contributed by atoms with van der Waals surface area (Å²) in [6.07, 6.45) is 1.84. The first-order chi connectivity index (χ1) is 10.9. The average molecular weight is 325 g/mol. The van der Waals surface area contributed by atoms with Gasteiger partial charge in [0.2, 0.25) is 0 Å². The zero-order valence-corrected chi connectivity index (χ0v) is 12.2. The average Bonchev–Trinajstić information content (AvgIpc) is 3.14. The third-order valence-corrected chi connectivity index (χ3v) is 3.26. The number of aromatic nitrogens is 6. The summed E-state index contributed by atoms with van der Waals surface area (Å²) in [5.41, 5.74) is -0.997. The smallest absolute Gasteiger partial charge is 0.370 e. The molecule has 0 bridgehead atoms. The van der Waals surface area contributed by atoms with Gasteiger partial charge in [0, 0.05) is 31.5 Å². The number of hydrogen-bond donors (Lipinski definition) is 1. The molecule has 0 saturated heterocycles. The molecular formula is C13H14F3N7. The van der Waals surface area contributed by atoms with Crippen molar-refractivity contribution in [3.63, 3.8) is 0 Å². The van der Waals surface area contributed by atoms with Gasteiger partial charge in [-0.3, -0.25) is 0 Å². The summed E-state index contributed by atoms with van der Waals surface area (Å²) in [5.74, 6) is 0.284. The Balaban J connectivity index is 1.77. The molecule has 0 saturated carbocycles. The van der Waals surface area contributed by atoms with Crippen molar-refractivity contribution >= 4 is 11.6 Å². The largest absolute Gasteiger partial charge is 0.433 e. The molecule has 0 aliphatic heterocycles. The third-order valence-electron chi connectivity index (χ3n) is 3.26. The van der Waals surface area contributed by atoms with E-state index in [1.807, 2.05) is 17.7 Å². The summed E-state index contributed by atoms with van der Waals surface area (Å²) in [4.78, 5) is 11.1. The third kappa shape index (κ3) is 3.41. The Morgan fingerprint density at radius 1 is 1.35 bits per heavy atom. The first kappa shape index (κ1) is 15.3. The van der Waals surface area contributed by atoms with Crippen LogP contribution in [0.1, 0.15) is 12.6 Å². The van der Waals surface area contributed by atoms with Crippen molar-refractivity contribution in [2.24, 2.45) is 5.92 Å². The van der Waals surface area contributed by atoms with Crippen LogP contribution in [0.25, 0.3) is 5.78 Å². The first-order valence-electron chi connectivity index (χ1n) is 6.91. The normalized spacial score (nSPS) is 13.4. The van der Waals surface area contributed by atoms with Crippen molar-refractivity contribution < 1.29 is 13.2 Å². The van der Waals surface area contributed by atoms with E-state index in [9.17, 15) is 13.2 Å². The van der Waals surface area contributed by atoms with E-state index in [1.54, 1.807) is 12.5 Å². The lowest BCUT2D eigenvalue weighted by Gasteiger charge is -2.15. The molecule has 3 rings (SSSR count). The quantitative estimate of drug-likeness (QED) is 0.777. The Labute approximate surface area is 129 Å². The molecule has 3 aromatic rings. The molecule has 122 valence electrons. The Hall–Kier alpha value is -2.65. The van der Waals surface area contributed by atoms with Crippen LogP contribution in [0.2, 0.25) is 0 Å². The van der Waals surface area contributed by atoms with Crippen molar-refractivity contribution in [1.82, 2.24) is 29.1 Å². The van der Waals surface area contributed by atoms with E-state index in [4.69, 9.17) is 0 Å². The maximum absolute atomic E-state index is 12.9. The summed E-state index contributed by atoms with van der Waals surface area (Å²) >= 11 is 0. The zero-order chi connectivity index (χ0) is 16.4. The summed E-state index contributed by atoms with van der Waals surface area (Å²) in [7, 11) is 0. The van der Waals surface area contributed by atoms with Crippen LogP contribution in [-0.4, -0.2) is 35.7 Å². The zero-order valence-electron chi connectivity index (χ0n) is 12.2. The molecule has 3 aromatic heterocycles. The Morgan fingerprint density at radius 3 is 2.87 bits per heavy atom. The van der Waals surface area contributed by atoms with E-state index >= 15 is 0 Å². The molecule has 0 amide bonds. The van der Waals surface area contributed by atoms with E-state index in [0.29, 0.717) is 13.1 Å². The number of imidazole rings is 1. The number of nitrogens with one attached hydrogen (secondary N) is 1. The van der Waals surface area contributed by atoms with E-state index in [0.717, 1.165) is 6.07 Å². The van der Waals surface area contributed by atoms with Crippen molar-refractivity contribution in [2.75, 3.05) is 11.9 Å². The molecule has 1 N–H and O–H groups in total. The number of hydrogen-bond acceptors (Lipinski definition) is 5. The standard InChI is InChI=1S/C13H14F3N7/c1-9(6-22-3-2-17-8-22)5-18-11-4-10(13(14,15)16)21-12-19-7-20-23(11)12/h2-4,7-9,18H,5-6H2,1H3/t9-/m1/s1. The number of fused-ring (bicyclic) bond motifs is 1. The predicted octanol–water partition coefficient (Wildman–Crippen LogP) is 2.09. The summed E-state index contributed by atoms with van der Waals surface area (Å²) in [5, 5.41) is 6.88. The number of alkyl halides is 3. The molecule has 0 spiro atoms. The lowest BCUT2D eigenvalue weighted by Crippen LogP contribution is -2.19. The molecule has 23 heavy (non-hydrogen) atoms. The lowest BCUT2D eigenvalue weighted by molar-refractivity contribution is -0.141. The van der Waals surface area contributed by atoms with Crippen LogP contribution in [-0.2, 0) is 12.7 Å². The first-order valence-corrected chi connectivity index (χ1v) is 6.91. The highest BCUT2D eigenvalue weighted by atomic mass is 19.4. The topological polar surface area (TPSA) is 72.9 Å². The number of anilines is 1. The molecule has 0 radical (unpaired) electrons. The second-order valence-electron chi connectivity index (χ2n) is 5.24. The highest BCUT2D eigenvalue weighted by Crippen LogP contribution is 2.29. The van der Waals surface area contributed by atoms with Gasteiger partial charge < -0.3 is 9.88 Å². The monoisotopic (exact) mass is 325 g/mol. The number of nitrogens with zero attached hydrogens (tertiary/aromatic N) is 6. The van der Waals surface area contributed by atoms with Crippen LogP contribution >= 0.6 is 0 Å². The van der Waals surface area contributed by atoms with Gasteiger partial charge in [0.25, 0.3) is 5.78 Å². The second kappa shape index (κ2) is 5.86. The Bertz CT molecular complexity index is 779. The van der Waals surface area contributed by atoms with Gasteiger partial charge in [0.1, 0.15) is 12.1 Å². The Morgan fingerprint density at radius 2 is 2.17 bits per heavy atom. The Kier molecular flexibility index (Phi) is 3.89. The van der Waals surface area contributed by atoms with Gasteiger partial charge in [-0.1, -0.05) is 6.92 Å².